The highest BCUT2D eigenvalue weighted by Gasteiger charge is 2.27. The number of aromatic amines is 1. The number of carbonyl (C=O) groups excluding carboxylic acids is 1. The molecule has 4 N–H and O–H groups in total. The van der Waals surface area contributed by atoms with Gasteiger partial charge in [0.2, 0.25) is 0 Å². The van der Waals surface area contributed by atoms with Gasteiger partial charge in [0.1, 0.15) is 5.69 Å². The number of rotatable bonds is 2. The van der Waals surface area contributed by atoms with Crippen LogP contribution in [0.3, 0.4) is 0 Å². The molecule has 1 aliphatic rings. The largest absolute Gasteiger partial charge is 0.356 e. The maximum atomic E-state index is 11.5. The van der Waals surface area contributed by atoms with Gasteiger partial charge in [-0.3, -0.25) is 4.79 Å². The van der Waals surface area contributed by atoms with Crippen molar-refractivity contribution >= 4 is 17.5 Å². The predicted octanol–water partition coefficient (Wildman–Crippen LogP) is 0.888. The van der Waals surface area contributed by atoms with Gasteiger partial charge in [-0.05, 0) is 18.9 Å². The van der Waals surface area contributed by atoms with Crippen LogP contribution in [-0.4, -0.2) is 23.0 Å². The van der Waals surface area contributed by atoms with Gasteiger partial charge in [-0.1, -0.05) is 11.6 Å². The van der Waals surface area contributed by atoms with Crippen LogP contribution in [0.4, 0.5) is 0 Å². The van der Waals surface area contributed by atoms with Crippen LogP contribution in [0.5, 0.6) is 0 Å². The average molecular weight is 214 g/mol. The molecule has 1 fully saturated rings. The first-order chi connectivity index (χ1) is 6.65. The molecule has 0 unspecified atom stereocenters. The van der Waals surface area contributed by atoms with Crippen molar-refractivity contribution in [2.75, 3.05) is 0 Å². The number of carbonyl (C=O) groups is 1. The van der Waals surface area contributed by atoms with E-state index >= 15 is 0 Å². The first kappa shape index (κ1) is 9.55. The molecule has 0 bridgehead atoms. The molecule has 1 heterocycles. The molecule has 2 rings (SSSR count). The Morgan fingerprint density at radius 1 is 1.64 bits per heavy atom. The third-order valence-electron chi connectivity index (χ3n) is 2.40. The summed E-state index contributed by atoms with van der Waals surface area (Å²) in [5.74, 6) is -0.117. The van der Waals surface area contributed by atoms with Gasteiger partial charge in [0, 0.05) is 18.3 Å². The zero-order chi connectivity index (χ0) is 10.1. The lowest BCUT2D eigenvalue weighted by Crippen LogP contribution is -2.50. The van der Waals surface area contributed by atoms with Crippen LogP contribution in [0.25, 0.3) is 0 Å². The molecule has 1 aliphatic carbocycles. The Morgan fingerprint density at radius 3 is 2.86 bits per heavy atom. The van der Waals surface area contributed by atoms with Crippen LogP contribution in [0, 0.1) is 0 Å². The van der Waals surface area contributed by atoms with Crippen LogP contribution in [0.2, 0.25) is 5.02 Å². The first-order valence-electron chi connectivity index (χ1n) is 4.55. The minimum absolute atomic E-state index is 0.117. The third-order valence-corrected chi connectivity index (χ3v) is 2.62. The minimum Gasteiger partial charge on any atom is -0.356 e. The Balaban J connectivity index is 1.90. The highest BCUT2D eigenvalue weighted by molar-refractivity contribution is 6.30. The van der Waals surface area contributed by atoms with E-state index in [2.05, 4.69) is 10.3 Å². The van der Waals surface area contributed by atoms with E-state index < -0.39 is 0 Å². The van der Waals surface area contributed by atoms with Gasteiger partial charge < -0.3 is 16.0 Å². The van der Waals surface area contributed by atoms with Gasteiger partial charge in [0.05, 0.1) is 5.02 Å². The van der Waals surface area contributed by atoms with Crippen LogP contribution in [-0.2, 0) is 0 Å². The van der Waals surface area contributed by atoms with Gasteiger partial charge >= 0.3 is 0 Å². The fourth-order valence-electron chi connectivity index (χ4n) is 1.54. The second-order valence-corrected chi connectivity index (χ2v) is 4.07. The van der Waals surface area contributed by atoms with Crippen molar-refractivity contribution in [3.8, 4) is 0 Å². The predicted molar refractivity (Wildman–Crippen MR) is 54.3 cm³/mol. The second kappa shape index (κ2) is 3.63. The lowest BCUT2D eigenvalue weighted by Gasteiger charge is -2.32. The van der Waals surface area contributed by atoms with E-state index in [0.717, 1.165) is 12.8 Å². The molecular formula is C9H12ClN3O. The van der Waals surface area contributed by atoms with Gasteiger partial charge in [-0.25, -0.2) is 0 Å². The maximum absolute atomic E-state index is 11.5. The van der Waals surface area contributed by atoms with Crippen molar-refractivity contribution in [3.05, 3.63) is 23.0 Å². The molecule has 5 heteroatoms. The molecule has 4 nitrogen and oxygen atoms in total. The third kappa shape index (κ3) is 1.91. The van der Waals surface area contributed by atoms with Crippen molar-refractivity contribution in [1.29, 1.82) is 0 Å². The van der Waals surface area contributed by atoms with E-state index in [1.54, 1.807) is 12.3 Å². The van der Waals surface area contributed by atoms with E-state index in [-0.39, 0.29) is 18.0 Å². The standard InChI is InChI=1S/C9H12ClN3O/c10-5-1-8(12-4-5)9(14)13-7-2-6(11)3-7/h1,4,6-7,12H,2-3,11H2,(H,13,14). The minimum atomic E-state index is -0.117. The number of H-pyrrole nitrogens is 1. The highest BCUT2D eigenvalue weighted by atomic mass is 35.5. The fraction of sp³-hybridized carbons (Fsp3) is 0.444. The average Bonchev–Trinajstić information content (AvgIpc) is 2.49. The monoisotopic (exact) mass is 213 g/mol. The summed E-state index contributed by atoms with van der Waals surface area (Å²) in [5, 5.41) is 3.41. The van der Waals surface area contributed by atoms with Gasteiger partial charge in [-0.2, -0.15) is 0 Å². The summed E-state index contributed by atoms with van der Waals surface area (Å²) in [7, 11) is 0. The molecule has 1 saturated carbocycles. The molecule has 0 aliphatic heterocycles. The second-order valence-electron chi connectivity index (χ2n) is 3.63. The van der Waals surface area contributed by atoms with Crippen LogP contribution >= 0.6 is 11.6 Å². The van der Waals surface area contributed by atoms with E-state index in [0.29, 0.717) is 10.7 Å². The number of halogens is 1. The summed E-state index contributed by atoms with van der Waals surface area (Å²) in [5.41, 5.74) is 6.10. The molecule has 0 radical (unpaired) electrons. The van der Waals surface area contributed by atoms with Crippen LogP contribution in [0.1, 0.15) is 23.3 Å². The number of amides is 1. The molecule has 0 spiro atoms. The zero-order valence-corrected chi connectivity index (χ0v) is 8.34. The van der Waals surface area contributed by atoms with Gasteiger partial charge in [-0.15, -0.1) is 0 Å². The number of nitrogens with one attached hydrogen (secondary N) is 2. The Hall–Kier alpha value is -1.00. The van der Waals surface area contributed by atoms with E-state index in [4.69, 9.17) is 17.3 Å². The smallest absolute Gasteiger partial charge is 0.267 e. The Kier molecular flexibility index (Phi) is 2.48. The summed E-state index contributed by atoms with van der Waals surface area (Å²) in [6.07, 6.45) is 3.31. The van der Waals surface area contributed by atoms with Crippen LogP contribution in [0.15, 0.2) is 12.3 Å². The quantitative estimate of drug-likeness (QED) is 0.683. The van der Waals surface area contributed by atoms with Gasteiger partial charge in [0.25, 0.3) is 5.91 Å². The van der Waals surface area contributed by atoms with Crippen molar-refractivity contribution < 1.29 is 4.79 Å². The number of hydrogen-bond acceptors (Lipinski definition) is 2. The van der Waals surface area contributed by atoms with Crippen molar-refractivity contribution in [2.24, 2.45) is 5.73 Å². The highest BCUT2D eigenvalue weighted by Crippen LogP contribution is 2.18. The molecule has 14 heavy (non-hydrogen) atoms. The molecule has 0 atom stereocenters. The van der Waals surface area contributed by atoms with Crippen molar-refractivity contribution in [2.45, 2.75) is 24.9 Å². The van der Waals surface area contributed by atoms with Crippen molar-refractivity contribution in [1.82, 2.24) is 10.3 Å². The summed E-state index contributed by atoms with van der Waals surface area (Å²) in [4.78, 5) is 14.3. The first-order valence-corrected chi connectivity index (χ1v) is 4.93. The van der Waals surface area contributed by atoms with Crippen LogP contribution < -0.4 is 11.1 Å². The van der Waals surface area contributed by atoms with E-state index in [1.165, 1.54) is 0 Å². The Bertz CT molecular complexity index is 344. The van der Waals surface area contributed by atoms with E-state index in [1.807, 2.05) is 0 Å². The van der Waals surface area contributed by atoms with Crippen molar-refractivity contribution in [3.63, 3.8) is 0 Å². The topological polar surface area (TPSA) is 70.9 Å². The molecule has 76 valence electrons. The Labute approximate surface area is 86.8 Å². The summed E-state index contributed by atoms with van der Waals surface area (Å²) in [6, 6.07) is 2.07. The number of aromatic nitrogens is 1. The summed E-state index contributed by atoms with van der Waals surface area (Å²) >= 11 is 5.68. The van der Waals surface area contributed by atoms with Gasteiger partial charge in [0.15, 0.2) is 0 Å². The summed E-state index contributed by atoms with van der Waals surface area (Å²) < 4.78 is 0. The molecule has 0 aromatic carbocycles. The lowest BCUT2D eigenvalue weighted by atomic mass is 9.87. The number of hydrogen-bond donors (Lipinski definition) is 3. The van der Waals surface area contributed by atoms with E-state index in [9.17, 15) is 4.79 Å². The normalized spacial score (nSPS) is 25.6. The maximum Gasteiger partial charge on any atom is 0.267 e. The molecular weight excluding hydrogens is 202 g/mol. The SMILES string of the molecule is NC1CC(NC(=O)c2cc(Cl)c[nH]2)C1. The fourth-order valence-corrected chi connectivity index (χ4v) is 1.71. The molecule has 1 aromatic rings. The zero-order valence-electron chi connectivity index (χ0n) is 7.59. The number of nitrogens with two attached hydrogens (primary N) is 1. The lowest BCUT2D eigenvalue weighted by molar-refractivity contribution is 0.0906. The molecule has 0 saturated heterocycles. The molecule has 1 amide bonds. The molecule has 1 aromatic heterocycles. The summed E-state index contributed by atoms with van der Waals surface area (Å²) in [6.45, 7) is 0. The Morgan fingerprint density at radius 2 is 2.36 bits per heavy atom.